The lowest BCUT2D eigenvalue weighted by atomic mass is 10.2. The lowest BCUT2D eigenvalue weighted by molar-refractivity contribution is 0.0697. The first-order valence-corrected chi connectivity index (χ1v) is 6.77. The highest BCUT2D eigenvalue weighted by molar-refractivity contribution is 5.87. The van der Waals surface area contributed by atoms with Gasteiger partial charge in [0.05, 0.1) is 12.2 Å². The number of nitrogens with zero attached hydrogens (tertiary/aromatic N) is 1. The number of likely N-dealkylation sites (N-methyl/N-ethyl adjacent to an activating group) is 1. The Labute approximate surface area is 120 Å². The van der Waals surface area contributed by atoms with E-state index in [1.54, 1.807) is 31.4 Å². The number of carbonyl (C=O) groups is 1. The third-order valence-corrected chi connectivity index (χ3v) is 3.19. The van der Waals surface area contributed by atoms with Gasteiger partial charge in [0.15, 0.2) is 0 Å². The van der Waals surface area contributed by atoms with Gasteiger partial charge in [-0.3, -0.25) is 4.90 Å². The zero-order valence-corrected chi connectivity index (χ0v) is 12.3. The molecule has 0 spiro atoms. The predicted molar refractivity (Wildman–Crippen MR) is 77.5 cm³/mol. The minimum absolute atomic E-state index is 0.265. The van der Waals surface area contributed by atoms with E-state index in [2.05, 4.69) is 18.7 Å². The fraction of sp³-hybridized carbons (Fsp3) is 0.533. The van der Waals surface area contributed by atoms with Crippen LogP contribution in [0.4, 0.5) is 0 Å². The van der Waals surface area contributed by atoms with Gasteiger partial charge in [-0.2, -0.15) is 0 Å². The Morgan fingerprint density at radius 1 is 1.35 bits per heavy atom. The van der Waals surface area contributed by atoms with Crippen molar-refractivity contribution in [3.8, 4) is 5.75 Å². The van der Waals surface area contributed by atoms with Gasteiger partial charge in [-0.15, -0.1) is 0 Å². The molecule has 0 aliphatic rings. The highest BCUT2D eigenvalue weighted by Crippen LogP contribution is 2.12. The molecule has 0 aliphatic heterocycles. The molecule has 5 heteroatoms. The number of carboxylic acid groups (broad SMARTS) is 1. The van der Waals surface area contributed by atoms with Crippen LogP contribution >= 0.6 is 0 Å². The van der Waals surface area contributed by atoms with Crippen molar-refractivity contribution < 1.29 is 19.4 Å². The first kappa shape index (κ1) is 16.5. The quantitative estimate of drug-likeness (QED) is 0.751. The molecular weight excluding hydrogens is 258 g/mol. The summed E-state index contributed by atoms with van der Waals surface area (Å²) in [4.78, 5) is 13.0. The largest absolute Gasteiger partial charge is 0.492 e. The second-order valence-electron chi connectivity index (χ2n) is 4.61. The lowest BCUT2D eigenvalue weighted by Crippen LogP contribution is -2.38. The standard InChI is InChI=1S/C15H23NO4/c1-4-16(12(2)11-19-3)9-10-20-14-7-5-13(6-8-14)15(17)18/h5-8,12H,4,9-11H2,1-3H3,(H,17,18). The summed E-state index contributed by atoms with van der Waals surface area (Å²) in [7, 11) is 1.70. The Morgan fingerprint density at radius 2 is 2.00 bits per heavy atom. The number of rotatable bonds is 9. The van der Waals surface area contributed by atoms with Crippen LogP contribution in [0.25, 0.3) is 0 Å². The molecule has 0 fully saturated rings. The summed E-state index contributed by atoms with van der Waals surface area (Å²) in [5.41, 5.74) is 0.265. The summed E-state index contributed by atoms with van der Waals surface area (Å²) in [6.07, 6.45) is 0. The maximum atomic E-state index is 10.7. The van der Waals surface area contributed by atoms with Crippen LogP contribution in [0, 0.1) is 0 Å². The molecule has 0 aliphatic carbocycles. The first-order valence-electron chi connectivity index (χ1n) is 6.77. The van der Waals surface area contributed by atoms with Crippen molar-refractivity contribution in [1.82, 2.24) is 4.90 Å². The van der Waals surface area contributed by atoms with Gasteiger partial charge in [0.25, 0.3) is 0 Å². The fourth-order valence-corrected chi connectivity index (χ4v) is 2.01. The Morgan fingerprint density at radius 3 is 2.50 bits per heavy atom. The normalized spacial score (nSPS) is 12.4. The molecule has 0 aromatic heterocycles. The Hall–Kier alpha value is -1.59. The van der Waals surface area contributed by atoms with Crippen LogP contribution in [0.15, 0.2) is 24.3 Å². The Kier molecular flexibility index (Phi) is 7.04. The smallest absolute Gasteiger partial charge is 0.335 e. The van der Waals surface area contributed by atoms with Gasteiger partial charge in [-0.25, -0.2) is 4.79 Å². The van der Waals surface area contributed by atoms with E-state index < -0.39 is 5.97 Å². The van der Waals surface area contributed by atoms with Crippen molar-refractivity contribution in [3.05, 3.63) is 29.8 Å². The summed E-state index contributed by atoms with van der Waals surface area (Å²) in [5, 5.41) is 8.81. The van der Waals surface area contributed by atoms with E-state index in [4.69, 9.17) is 14.6 Å². The molecule has 0 heterocycles. The lowest BCUT2D eigenvalue weighted by Gasteiger charge is -2.27. The van der Waals surface area contributed by atoms with E-state index in [0.29, 0.717) is 25.0 Å². The third-order valence-electron chi connectivity index (χ3n) is 3.19. The van der Waals surface area contributed by atoms with Crippen LogP contribution < -0.4 is 4.74 Å². The highest BCUT2D eigenvalue weighted by Gasteiger charge is 2.11. The molecule has 1 rings (SSSR count). The zero-order chi connectivity index (χ0) is 15.0. The number of ether oxygens (including phenoxy) is 2. The van der Waals surface area contributed by atoms with Crippen molar-refractivity contribution in [2.24, 2.45) is 0 Å². The van der Waals surface area contributed by atoms with Crippen molar-refractivity contribution >= 4 is 5.97 Å². The minimum Gasteiger partial charge on any atom is -0.492 e. The monoisotopic (exact) mass is 281 g/mol. The fourth-order valence-electron chi connectivity index (χ4n) is 2.01. The number of carboxylic acids is 1. The summed E-state index contributed by atoms with van der Waals surface area (Å²) in [5.74, 6) is -0.243. The van der Waals surface area contributed by atoms with Gasteiger partial charge in [0.2, 0.25) is 0 Å². The Bertz CT molecular complexity index is 405. The minimum atomic E-state index is -0.929. The molecule has 1 aromatic carbocycles. The third kappa shape index (κ3) is 5.19. The van der Waals surface area contributed by atoms with Crippen LogP contribution in [-0.2, 0) is 4.74 Å². The topological polar surface area (TPSA) is 59.0 Å². The van der Waals surface area contributed by atoms with Crippen LogP contribution in [0.1, 0.15) is 24.2 Å². The van der Waals surface area contributed by atoms with Gasteiger partial charge >= 0.3 is 5.97 Å². The number of methoxy groups -OCH3 is 1. The van der Waals surface area contributed by atoms with E-state index in [9.17, 15) is 4.79 Å². The van der Waals surface area contributed by atoms with Crippen LogP contribution in [0.2, 0.25) is 0 Å². The van der Waals surface area contributed by atoms with E-state index >= 15 is 0 Å². The van der Waals surface area contributed by atoms with Gasteiger partial charge in [-0.05, 0) is 37.7 Å². The molecule has 5 nitrogen and oxygen atoms in total. The SMILES string of the molecule is CCN(CCOc1ccc(C(=O)O)cc1)C(C)COC. The summed E-state index contributed by atoms with van der Waals surface area (Å²) in [6.45, 7) is 7.23. The first-order chi connectivity index (χ1) is 9.58. The van der Waals surface area contributed by atoms with E-state index in [1.807, 2.05) is 0 Å². The van der Waals surface area contributed by atoms with Crippen LogP contribution in [0.3, 0.4) is 0 Å². The molecule has 0 amide bonds. The molecule has 0 saturated heterocycles. The van der Waals surface area contributed by atoms with E-state index in [0.717, 1.165) is 13.1 Å². The maximum Gasteiger partial charge on any atom is 0.335 e. The molecule has 0 bridgehead atoms. The molecular formula is C15H23NO4. The zero-order valence-electron chi connectivity index (χ0n) is 12.3. The predicted octanol–water partition coefficient (Wildman–Crippen LogP) is 2.12. The van der Waals surface area contributed by atoms with Crippen LogP contribution in [-0.4, -0.2) is 55.4 Å². The molecule has 1 N–H and O–H groups in total. The van der Waals surface area contributed by atoms with Gasteiger partial charge in [-0.1, -0.05) is 6.92 Å². The molecule has 1 atom stereocenters. The van der Waals surface area contributed by atoms with Gasteiger partial charge < -0.3 is 14.6 Å². The molecule has 1 aromatic rings. The molecule has 0 saturated carbocycles. The average molecular weight is 281 g/mol. The van der Waals surface area contributed by atoms with Gasteiger partial charge in [0.1, 0.15) is 12.4 Å². The second kappa shape index (κ2) is 8.55. The molecule has 1 unspecified atom stereocenters. The number of hydrogen-bond donors (Lipinski definition) is 1. The summed E-state index contributed by atoms with van der Waals surface area (Å²) >= 11 is 0. The molecule has 112 valence electrons. The van der Waals surface area contributed by atoms with Gasteiger partial charge in [0, 0.05) is 19.7 Å². The maximum absolute atomic E-state index is 10.7. The van der Waals surface area contributed by atoms with Crippen LogP contribution in [0.5, 0.6) is 5.75 Å². The van der Waals surface area contributed by atoms with Crippen molar-refractivity contribution in [3.63, 3.8) is 0 Å². The van der Waals surface area contributed by atoms with E-state index in [-0.39, 0.29) is 5.56 Å². The molecule has 20 heavy (non-hydrogen) atoms. The second-order valence-corrected chi connectivity index (χ2v) is 4.61. The highest BCUT2D eigenvalue weighted by atomic mass is 16.5. The van der Waals surface area contributed by atoms with E-state index in [1.165, 1.54) is 0 Å². The summed E-state index contributed by atoms with van der Waals surface area (Å²) in [6, 6.07) is 6.80. The summed E-state index contributed by atoms with van der Waals surface area (Å²) < 4.78 is 10.8. The average Bonchev–Trinajstić information content (AvgIpc) is 2.44. The number of hydrogen-bond acceptors (Lipinski definition) is 4. The molecule has 0 radical (unpaired) electrons. The number of benzene rings is 1. The number of aromatic carboxylic acids is 1. The van der Waals surface area contributed by atoms with Crippen molar-refractivity contribution in [2.75, 3.05) is 33.4 Å². The van der Waals surface area contributed by atoms with Crippen molar-refractivity contribution in [2.45, 2.75) is 19.9 Å². The Balaban J connectivity index is 2.40. The van der Waals surface area contributed by atoms with Crippen molar-refractivity contribution in [1.29, 1.82) is 0 Å².